The summed E-state index contributed by atoms with van der Waals surface area (Å²) in [5, 5.41) is 12.4. The third-order valence-electron chi connectivity index (χ3n) is 4.26. The molecule has 1 heterocycles. The highest BCUT2D eigenvalue weighted by atomic mass is 32.1. The van der Waals surface area contributed by atoms with Crippen LogP contribution in [-0.2, 0) is 6.54 Å². The van der Waals surface area contributed by atoms with E-state index in [-0.39, 0.29) is 6.10 Å². The van der Waals surface area contributed by atoms with E-state index in [1.165, 1.54) is 30.6 Å². The fourth-order valence-corrected chi connectivity index (χ4v) is 3.67. The van der Waals surface area contributed by atoms with Crippen molar-refractivity contribution in [1.29, 1.82) is 0 Å². The lowest BCUT2D eigenvalue weighted by atomic mass is 9.96. The number of aliphatic hydroxyl groups excluding tert-OH is 1. The highest BCUT2D eigenvalue weighted by molar-refractivity contribution is 7.09. The zero-order chi connectivity index (χ0) is 13.7. The van der Waals surface area contributed by atoms with Crippen molar-refractivity contribution in [2.45, 2.75) is 64.6 Å². The summed E-state index contributed by atoms with van der Waals surface area (Å²) >= 11 is 1.83. The highest BCUT2D eigenvalue weighted by Gasteiger charge is 2.25. The SMILES string of the molecule is CC(C)N(Cc1cccs1)CC1CCCCCC1O. The van der Waals surface area contributed by atoms with Crippen LogP contribution >= 0.6 is 11.3 Å². The number of thiophene rings is 1. The second kappa shape index (κ2) is 7.41. The van der Waals surface area contributed by atoms with Gasteiger partial charge in [-0.3, -0.25) is 4.90 Å². The Labute approximate surface area is 121 Å². The molecular weight excluding hydrogens is 254 g/mol. The summed E-state index contributed by atoms with van der Waals surface area (Å²) in [5.41, 5.74) is 0. The molecular formula is C16H27NOS. The molecule has 1 N–H and O–H groups in total. The van der Waals surface area contributed by atoms with Crippen LogP contribution in [0.2, 0.25) is 0 Å². The molecule has 19 heavy (non-hydrogen) atoms. The van der Waals surface area contributed by atoms with Gasteiger partial charge in [0.25, 0.3) is 0 Å². The van der Waals surface area contributed by atoms with Gasteiger partial charge < -0.3 is 5.11 Å². The smallest absolute Gasteiger partial charge is 0.0580 e. The number of hydrogen-bond acceptors (Lipinski definition) is 3. The Morgan fingerprint density at radius 2 is 2.11 bits per heavy atom. The molecule has 2 atom stereocenters. The first-order valence-electron chi connectivity index (χ1n) is 7.61. The Morgan fingerprint density at radius 1 is 1.32 bits per heavy atom. The zero-order valence-corrected chi connectivity index (χ0v) is 13.0. The molecule has 0 bridgehead atoms. The molecule has 108 valence electrons. The zero-order valence-electron chi connectivity index (χ0n) is 12.2. The summed E-state index contributed by atoms with van der Waals surface area (Å²) in [6.07, 6.45) is 5.87. The number of nitrogens with zero attached hydrogens (tertiary/aromatic N) is 1. The predicted molar refractivity (Wildman–Crippen MR) is 82.4 cm³/mol. The van der Waals surface area contributed by atoms with Gasteiger partial charge in [0.05, 0.1) is 6.10 Å². The quantitative estimate of drug-likeness (QED) is 0.827. The first-order chi connectivity index (χ1) is 9.16. The van der Waals surface area contributed by atoms with Crippen molar-refractivity contribution >= 4 is 11.3 Å². The van der Waals surface area contributed by atoms with Crippen molar-refractivity contribution in [2.24, 2.45) is 5.92 Å². The van der Waals surface area contributed by atoms with Crippen molar-refractivity contribution in [3.63, 3.8) is 0 Å². The number of hydrogen-bond donors (Lipinski definition) is 1. The minimum absolute atomic E-state index is 0.0907. The van der Waals surface area contributed by atoms with Crippen LogP contribution in [-0.4, -0.2) is 28.7 Å². The Kier molecular flexibility index (Phi) is 5.86. The maximum absolute atomic E-state index is 10.3. The summed E-state index contributed by atoms with van der Waals surface area (Å²) in [6, 6.07) is 4.88. The van der Waals surface area contributed by atoms with Gasteiger partial charge >= 0.3 is 0 Å². The minimum atomic E-state index is -0.0907. The average Bonchev–Trinajstić information content (AvgIpc) is 2.80. The topological polar surface area (TPSA) is 23.5 Å². The summed E-state index contributed by atoms with van der Waals surface area (Å²) < 4.78 is 0. The maximum Gasteiger partial charge on any atom is 0.0580 e. The molecule has 2 unspecified atom stereocenters. The van der Waals surface area contributed by atoms with Gasteiger partial charge in [-0.1, -0.05) is 25.3 Å². The second-order valence-corrected chi connectivity index (χ2v) is 7.10. The van der Waals surface area contributed by atoms with E-state index in [4.69, 9.17) is 0 Å². The van der Waals surface area contributed by atoms with Crippen LogP contribution in [0, 0.1) is 5.92 Å². The van der Waals surface area contributed by atoms with Gasteiger partial charge in [-0.2, -0.15) is 0 Å². The molecule has 1 aliphatic rings. The van der Waals surface area contributed by atoms with Gasteiger partial charge in [0.15, 0.2) is 0 Å². The average molecular weight is 281 g/mol. The number of rotatable bonds is 5. The van der Waals surface area contributed by atoms with Crippen LogP contribution in [0.25, 0.3) is 0 Å². The van der Waals surface area contributed by atoms with Gasteiger partial charge in [0.1, 0.15) is 0 Å². The van der Waals surface area contributed by atoms with Crippen molar-refractivity contribution < 1.29 is 5.11 Å². The lowest BCUT2D eigenvalue weighted by Gasteiger charge is -2.32. The molecule has 1 aliphatic carbocycles. The van der Waals surface area contributed by atoms with Crippen molar-refractivity contribution in [3.05, 3.63) is 22.4 Å². The Hall–Kier alpha value is -0.380. The second-order valence-electron chi connectivity index (χ2n) is 6.07. The van der Waals surface area contributed by atoms with Crippen LogP contribution in [0.1, 0.15) is 50.8 Å². The Bertz CT molecular complexity index is 350. The van der Waals surface area contributed by atoms with Crippen molar-refractivity contribution in [3.8, 4) is 0 Å². The standard InChI is InChI=1S/C16H27NOS/c1-13(2)17(12-15-8-6-10-19-15)11-14-7-4-3-5-9-16(14)18/h6,8,10,13-14,16,18H,3-5,7,9,11-12H2,1-2H3. The first kappa shape index (κ1) is 15.0. The van der Waals surface area contributed by atoms with Gasteiger partial charge in [-0.25, -0.2) is 0 Å². The molecule has 0 aliphatic heterocycles. The molecule has 2 rings (SSSR count). The molecule has 0 spiro atoms. The van der Waals surface area contributed by atoms with E-state index in [1.54, 1.807) is 0 Å². The molecule has 0 radical (unpaired) electrons. The van der Waals surface area contributed by atoms with Crippen LogP contribution in [0.5, 0.6) is 0 Å². The summed E-state index contributed by atoms with van der Waals surface area (Å²) in [6.45, 7) is 6.59. The van der Waals surface area contributed by atoms with E-state index < -0.39 is 0 Å². The van der Waals surface area contributed by atoms with E-state index in [9.17, 15) is 5.11 Å². The van der Waals surface area contributed by atoms with Gasteiger partial charge in [0, 0.05) is 24.0 Å². The lowest BCUT2D eigenvalue weighted by molar-refractivity contribution is 0.0624. The molecule has 1 aromatic heterocycles. The summed E-state index contributed by atoms with van der Waals surface area (Å²) in [5.74, 6) is 0.463. The third kappa shape index (κ3) is 4.59. The lowest BCUT2D eigenvalue weighted by Crippen LogP contribution is -2.38. The van der Waals surface area contributed by atoms with Gasteiger partial charge in [-0.15, -0.1) is 11.3 Å². The normalized spacial score (nSPS) is 24.9. The molecule has 1 saturated carbocycles. The molecule has 1 aromatic rings. The van der Waals surface area contributed by atoms with Crippen molar-refractivity contribution in [1.82, 2.24) is 4.90 Å². The van der Waals surface area contributed by atoms with E-state index in [2.05, 4.69) is 36.3 Å². The van der Waals surface area contributed by atoms with E-state index in [1.807, 2.05) is 11.3 Å². The Balaban J connectivity index is 1.95. The number of aliphatic hydroxyl groups is 1. The van der Waals surface area contributed by atoms with Crippen molar-refractivity contribution in [2.75, 3.05) is 6.54 Å². The van der Waals surface area contributed by atoms with E-state index >= 15 is 0 Å². The fraction of sp³-hybridized carbons (Fsp3) is 0.750. The summed E-state index contributed by atoms with van der Waals surface area (Å²) in [4.78, 5) is 3.95. The Morgan fingerprint density at radius 3 is 2.79 bits per heavy atom. The van der Waals surface area contributed by atoms with Crippen LogP contribution in [0.15, 0.2) is 17.5 Å². The van der Waals surface area contributed by atoms with Gasteiger partial charge in [0.2, 0.25) is 0 Å². The molecule has 1 fully saturated rings. The fourth-order valence-electron chi connectivity index (χ4n) is 2.94. The van der Waals surface area contributed by atoms with Crippen LogP contribution < -0.4 is 0 Å². The minimum Gasteiger partial charge on any atom is -0.393 e. The van der Waals surface area contributed by atoms with Crippen LogP contribution in [0.3, 0.4) is 0 Å². The maximum atomic E-state index is 10.3. The monoisotopic (exact) mass is 281 g/mol. The highest BCUT2D eigenvalue weighted by Crippen LogP contribution is 2.26. The predicted octanol–water partition coefficient (Wildman–Crippen LogP) is 3.90. The molecule has 0 amide bonds. The van der Waals surface area contributed by atoms with E-state index in [0.717, 1.165) is 19.5 Å². The molecule has 3 heteroatoms. The molecule has 0 saturated heterocycles. The largest absolute Gasteiger partial charge is 0.393 e. The summed E-state index contributed by atoms with van der Waals surface area (Å²) in [7, 11) is 0. The molecule has 2 nitrogen and oxygen atoms in total. The van der Waals surface area contributed by atoms with Gasteiger partial charge in [-0.05, 0) is 44.1 Å². The third-order valence-corrected chi connectivity index (χ3v) is 5.12. The first-order valence-corrected chi connectivity index (χ1v) is 8.49. The van der Waals surface area contributed by atoms with E-state index in [0.29, 0.717) is 12.0 Å². The molecule has 0 aromatic carbocycles. The van der Waals surface area contributed by atoms with Crippen LogP contribution in [0.4, 0.5) is 0 Å².